The Morgan fingerprint density at radius 3 is 2.35 bits per heavy atom. The molecule has 26 heavy (non-hydrogen) atoms. The molecule has 0 radical (unpaired) electrons. The Hall–Kier alpha value is -1.48. The van der Waals surface area contributed by atoms with Gasteiger partial charge in [0, 0.05) is 51.5 Å². The standard InChI is InChI=1S/C18H28N4O3S/c1-3-20(4-2)26(24,25)21-13-11-19(12-14-21)15-18(23)22-10-9-16-7-5-6-8-17(16)22/h5-8H,3-4,9-15H2,1-2H3. The van der Waals surface area contributed by atoms with E-state index >= 15 is 0 Å². The van der Waals surface area contributed by atoms with Crippen molar-refractivity contribution < 1.29 is 13.2 Å². The van der Waals surface area contributed by atoms with Crippen LogP contribution in [0.1, 0.15) is 19.4 Å². The Kier molecular flexibility index (Phi) is 5.96. The van der Waals surface area contributed by atoms with E-state index in [1.807, 2.05) is 36.9 Å². The molecular weight excluding hydrogens is 352 g/mol. The highest BCUT2D eigenvalue weighted by Crippen LogP contribution is 2.27. The number of hydrogen-bond donors (Lipinski definition) is 0. The third-order valence-electron chi connectivity index (χ3n) is 5.24. The molecule has 0 saturated carbocycles. The highest BCUT2D eigenvalue weighted by molar-refractivity contribution is 7.86. The van der Waals surface area contributed by atoms with Crippen LogP contribution < -0.4 is 4.90 Å². The fourth-order valence-corrected chi connectivity index (χ4v) is 5.31. The number of rotatable bonds is 6. The zero-order valence-electron chi connectivity index (χ0n) is 15.6. The fourth-order valence-electron chi connectivity index (χ4n) is 3.71. The van der Waals surface area contributed by atoms with Crippen LogP contribution in [0.4, 0.5) is 5.69 Å². The van der Waals surface area contributed by atoms with Gasteiger partial charge in [0.15, 0.2) is 0 Å². The maximum atomic E-state index is 12.7. The predicted molar refractivity (Wildman–Crippen MR) is 102 cm³/mol. The number of piperazine rings is 1. The third-order valence-corrected chi connectivity index (χ3v) is 7.42. The molecular formula is C18H28N4O3S. The lowest BCUT2D eigenvalue weighted by atomic mass is 10.2. The summed E-state index contributed by atoms with van der Waals surface area (Å²) < 4.78 is 28.2. The third kappa shape index (κ3) is 3.78. The van der Waals surface area contributed by atoms with E-state index in [0.717, 1.165) is 18.7 Å². The summed E-state index contributed by atoms with van der Waals surface area (Å²) in [4.78, 5) is 16.6. The van der Waals surface area contributed by atoms with Crippen molar-refractivity contribution in [1.29, 1.82) is 0 Å². The van der Waals surface area contributed by atoms with Crippen molar-refractivity contribution in [3.63, 3.8) is 0 Å². The molecule has 1 aromatic rings. The number of carbonyl (C=O) groups excluding carboxylic acids is 1. The summed E-state index contributed by atoms with van der Waals surface area (Å²) in [6, 6.07) is 8.03. The monoisotopic (exact) mass is 380 g/mol. The minimum Gasteiger partial charge on any atom is -0.311 e. The van der Waals surface area contributed by atoms with E-state index in [-0.39, 0.29) is 5.91 Å². The number of amides is 1. The fraction of sp³-hybridized carbons (Fsp3) is 0.611. The number of fused-ring (bicyclic) bond motifs is 1. The van der Waals surface area contributed by atoms with Crippen LogP contribution in [-0.4, -0.2) is 80.2 Å². The van der Waals surface area contributed by atoms with E-state index in [2.05, 4.69) is 11.0 Å². The molecule has 1 fully saturated rings. The van der Waals surface area contributed by atoms with Gasteiger partial charge >= 0.3 is 0 Å². The van der Waals surface area contributed by atoms with Gasteiger partial charge in [-0.1, -0.05) is 32.0 Å². The number of anilines is 1. The SMILES string of the molecule is CCN(CC)S(=O)(=O)N1CCN(CC(=O)N2CCc3ccccc32)CC1. The van der Waals surface area contributed by atoms with Crippen molar-refractivity contribution in [3.8, 4) is 0 Å². The maximum absolute atomic E-state index is 12.7. The van der Waals surface area contributed by atoms with Crippen molar-refractivity contribution in [3.05, 3.63) is 29.8 Å². The van der Waals surface area contributed by atoms with Gasteiger partial charge in [0.25, 0.3) is 10.2 Å². The van der Waals surface area contributed by atoms with Crippen LogP contribution >= 0.6 is 0 Å². The maximum Gasteiger partial charge on any atom is 0.282 e. The summed E-state index contributed by atoms with van der Waals surface area (Å²) in [6.45, 7) is 7.77. The van der Waals surface area contributed by atoms with Crippen molar-refractivity contribution in [1.82, 2.24) is 13.5 Å². The molecule has 2 aliphatic rings. The van der Waals surface area contributed by atoms with Crippen LogP contribution in [0.2, 0.25) is 0 Å². The van der Waals surface area contributed by atoms with Gasteiger partial charge in [-0.05, 0) is 18.1 Å². The molecule has 0 aliphatic carbocycles. The number of benzene rings is 1. The topological polar surface area (TPSA) is 64.2 Å². The zero-order valence-corrected chi connectivity index (χ0v) is 16.4. The highest BCUT2D eigenvalue weighted by atomic mass is 32.2. The van der Waals surface area contributed by atoms with Gasteiger partial charge < -0.3 is 4.90 Å². The molecule has 1 saturated heterocycles. The van der Waals surface area contributed by atoms with Crippen molar-refractivity contribution in [2.24, 2.45) is 0 Å². The Morgan fingerprint density at radius 1 is 1.04 bits per heavy atom. The lowest BCUT2D eigenvalue weighted by Gasteiger charge is -2.36. The molecule has 2 aliphatic heterocycles. The van der Waals surface area contributed by atoms with Gasteiger partial charge in [-0.15, -0.1) is 0 Å². The summed E-state index contributed by atoms with van der Waals surface area (Å²) in [5, 5.41) is 0. The van der Waals surface area contributed by atoms with Crippen LogP contribution in [0.5, 0.6) is 0 Å². The number of hydrogen-bond acceptors (Lipinski definition) is 4. The van der Waals surface area contributed by atoms with Crippen LogP contribution in [0.15, 0.2) is 24.3 Å². The molecule has 0 N–H and O–H groups in total. The molecule has 2 heterocycles. The van der Waals surface area contributed by atoms with Gasteiger partial charge in [0.2, 0.25) is 5.91 Å². The second kappa shape index (κ2) is 8.04. The summed E-state index contributed by atoms with van der Waals surface area (Å²) in [5.41, 5.74) is 2.23. The lowest BCUT2D eigenvalue weighted by Crippen LogP contribution is -2.54. The Morgan fingerprint density at radius 2 is 1.69 bits per heavy atom. The number of para-hydroxylation sites is 1. The molecule has 0 spiro atoms. The highest BCUT2D eigenvalue weighted by Gasteiger charge is 2.32. The van der Waals surface area contributed by atoms with Gasteiger partial charge in [0.05, 0.1) is 6.54 Å². The van der Waals surface area contributed by atoms with E-state index in [9.17, 15) is 13.2 Å². The van der Waals surface area contributed by atoms with Crippen LogP contribution in [-0.2, 0) is 21.4 Å². The molecule has 0 aromatic heterocycles. The predicted octanol–water partition coefficient (Wildman–Crippen LogP) is 0.780. The molecule has 1 aromatic carbocycles. The molecule has 144 valence electrons. The Labute approximate surface area is 156 Å². The minimum atomic E-state index is -3.39. The first-order chi connectivity index (χ1) is 12.5. The number of carbonyl (C=O) groups is 1. The van der Waals surface area contributed by atoms with Crippen LogP contribution in [0, 0.1) is 0 Å². The smallest absolute Gasteiger partial charge is 0.282 e. The minimum absolute atomic E-state index is 0.0926. The normalized spacial score (nSPS) is 19.1. The van der Waals surface area contributed by atoms with E-state index in [4.69, 9.17) is 0 Å². The van der Waals surface area contributed by atoms with Crippen molar-refractivity contribution >= 4 is 21.8 Å². The average molecular weight is 381 g/mol. The zero-order chi connectivity index (χ0) is 18.7. The second-order valence-electron chi connectivity index (χ2n) is 6.69. The van der Waals surface area contributed by atoms with Crippen molar-refractivity contribution in [2.75, 3.05) is 57.3 Å². The summed E-state index contributed by atoms with van der Waals surface area (Å²) >= 11 is 0. The quantitative estimate of drug-likeness (QED) is 0.732. The summed E-state index contributed by atoms with van der Waals surface area (Å²) in [5.74, 6) is 0.0926. The van der Waals surface area contributed by atoms with Gasteiger partial charge in [-0.2, -0.15) is 17.0 Å². The molecule has 1 amide bonds. The Bertz CT molecular complexity index is 741. The van der Waals surface area contributed by atoms with E-state index in [1.54, 1.807) is 0 Å². The lowest BCUT2D eigenvalue weighted by molar-refractivity contribution is -0.119. The van der Waals surface area contributed by atoms with Gasteiger partial charge in [-0.3, -0.25) is 9.69 Å². The first-order valence-electron chi connectivity index (χ1n) is 9.33. The molecule has 0 atom stereocenters. The van der Waals surface area contributed by atoms with E-state index < -0.39 is 10.2 Å². The Balaban J connectivity index is 1.56. The van der Waals surface area contributed by atoms with Crippen LogP contribution in [0.3, 0.4) is 0 Å². The average Bonchev–Trinajstić information content (AvgIpc) is 3.07. The van der Waals surface area contributed by atoms with Crippen molar-refractivity contribution in [2.45, 2.75) is 20.3 Å². The number of nitrogens with zero attached hydrogens (tertiary/aromatic N) is 4. The van der Waals surface area contributed by atoms with Crippen LogP contribution in [0.25, 0.3) is 0 Å². The second-order valence-corrected chi connectivity index (χ2v) is 8.62. The largest absolute Gasteiger partial charge is 0.311 e. The van der Waals surface area contributed by atoms with E-state index in [1.165, 1.54) is 14.2 Å². The van der Waals surface area contributed by atoms with E-state index in [0.29, 0.717) is 45.8 Å². The molecule has 7 nitrogen and oxygen atoms in total. The molecule has 3 rings (SSSR count). The molecule has 0 bridgehead atoms. The molecule has 8 heteroatoms. The van der Waals surface area contributed by atoms with Gasteiger partial charge in [-0.25, -0.2) is 0 Å². The first-order valence-corrected chi connectivity index (χ1v) is 10.7. The molecule has 0 unspecified atom stereocenters. The first kappa shape index (κ1) is 19.3. The summed E-state index contributed by atoms with van der Waals surface area (Å²) in [7, 11) is -3.39. The van der Waals surface area contributed by atoms with Gasteiger partial charge in [0.1, 0.15) is 0 Å². The summed E-state index contributed by atoms with van der Waals surface area (Å²) in [6.07, 6.45) is 0.901.